The third-order valence-corrected chi connectivity index (χ3v) is 13.7. The van der Waals surface area contributed by atoms with Crippen LogP contribution >= 0.6 is 0 Å². The minimum atomic E-state index is -0.719. The van der Waals surface area contributed by atoms with E-state index in [2.05, 4.69) is 36.0 Å². The standard InChI is InChI=1S/C46H52N2O13/c1-47-41-23-13-31(53-7)29(51-5)11-21(23)27(49-3)15-25(41)37-33(55-9)17-35-43(59-19-57-35)39(37)45(47)61-46-40-38(34(56-10)18-36-44(40)60-20-58-36)26-16-28(50-4)22-12-30(52-6)32(54-8)14-24(22)42(26)48(46)2/h11-14,17-18,25-28,41-42,45-46H,15-16,19-20H2,1-10H3/t25?,26?,27?,28?,41?,42?,45-,46-/m0/s1. The molecule has 4 heterocycles. The molecule has 4 aliphatic heterocycles. The smallest absolute Gasteiger partial charge is 0.231 e. The molecule has 0 saturated heterocycles. The Kier molecular flexibility index (Phi) is 9.94. The van der Waals surface area contributed by atoms with Gasteiger partial charge >= 0.3 is 0 Å². The second-order valence-corrected chi connectivity index (χ2v) is 16.1. The average molecular weight is 841 g/mol. The van der Waals surface area contributed by atoms with Gasteiger partial charge in [-0.15, -0.1) is 0 Å². The third-order valence-electron chi connectivity index (χ3n) is 13.7. The second-order valence-electron chi connectivity index (χ2n) is 16.1. The highest BCUT2D eigenvalue weighted by atomic mass is 16.7. The normalized spacial score (nSPS) is 26.5. The maximum atomic E-state index is 7.79. The first-order valence-electron chi connectivity index (χ1n) is 20.4. The number of fused-ring (bicyclic) bond motifs is 14. The SMILES string of the molecule is COc1cc2c(cc1OC)C1C(CC2OC)c2c(OC)cc3c(c2[C@H](O[C@H]2c4c5c(cc(OC)c4C4CC(OC)c6cc(OC)c(OC)cc6C4N2C)OCO5)N1C)OCO3. The molecule has 0 bridgehead atoms. The van der Waals surface area contributed by atoms with Crippen LogP contribution in [-0.4, -0.2) is 94.4 Å². The topological polar surface area (TPSA) is 126 Å². The Bertz CT molecular complexity index is 2230. The van der Waals surface area contributed by atoms with Crippen molar-refractivity contribution in [3.8, 4) is 57.5 Å². The van der Waals surface area contributed by atoms with E-state index in [4.69, 9.17) is 61.6 Å². The van der Waals surface area contributed by atoms with Gasteiger partial charge in [0.15, 0.2) is 46.0 Å². The first kappa shape index (κ1) is 39.8. The minimum absolute atomic E-state index is 0.0640. The zero-order valence-corrected chi connectivity index (χ0v) is 36.1. The van der Waals surface area contributed by atoms with Gasteiger partial charge in [0.25, 0.3) is 0 Å². The number of hydrogen-bond acceptors (Lipinski definition) is 15. The summed E-state index contributed by atoms with van der Waals surface area (Å²) in [4.78, 5) is 4.57. The molecule has 324 valence electrons. The molecule has 0 spiro atoms. The van der Waals surface area contributed by atoms with Gasteiger partial charge in [0.1, 0.15) is 24.0 Å². The van der Waals surface area contributed by atoms with Gasteiger partial charge in [0.2, 0.25) is 13.6 Å². The molecular formula is C46H52N2O13. The van der Waals surface area contributed by atoms with Crippen LogP contribution in [-0.2, 0) is 14.2 Å². The summed E-state index contributed by atoms with van der Waals surface area (Å²) in [7, 11) is 17.7. The van der Waals surface area contributed by atoms with Gasteiger partial charge in [-0.2, -0.15) is 0 Å². The molecule has 0 radical (unpaired) electrons. The van der Waals surface area contributed by atoms with Crippen molar-refractivity contribution >= 4 is 0 Å². The average Bonchev–Trinajstić information content (AvgIpc) is 3.98. The number of rotatable bonds is 10. The lowest BCUT2D eigenvalue weighted by atomic mass is 9.69. The number of methoxy groups -OCH3 is 8. The maximum Gasteiger partial charge on any atom is 0.231 e. The van der Waals surface area contributed by atoms with E-state index in [1.54, 1.807) is 56.9 Å². The summed E-state index contributed by atoms with van der Waals surface area (Å²) >= 11 is 0. The molecule has 2 aliphatic carbocycles. The Morgan fingerprint density at radius 2 is 0.803 bits per heavy atom. The van der Waals surface area contributed by atoms with E-state index in [0.29, 0.717) is 70.3 Å². The minimum Gasteiger partial charge on any atom is -0.496 e. The molecule has 4 aromatic rings. The molecule has 0 fully saturated rings. The molecule has 6 aliphatic rings. The molecule has 0 aromatic heterocycles. The van der Waals surface area contributed by atoms with Crippen molar-refractivity contribution in [2.24, 2.45) is 0 Å². The van der Waals surface area contributed by atoms with Crippen molar-refractivity contribution in [2.75, 3.05) is 84.6 Å². The molecule has 10 rings (SSSR count). The van der Waals surface area contributed by atoms with Gasteiger partial charge in [-0.05, 0) is 73.5 Å². The van der Waals surface area contributed by atoms with Crippen LogP contribution in [0.25, 0.3) is 0 Å². The summed E-state index contributed by atoms with van der Waals surface area (Å²) in [6.45, 7) is 0.128. The molecule has 15 nitrogen and oxygen atoms in total. The third kappa shape index (κ3) is 5.73. The first-order valence-corrected chi connectivity index (χ1v) is 20.4. The number of nitrogens with zero attached hydrogens (tertiary/aromatic N) is 2. The van der Waals surface area contributed by atoms with E-state index in [9.17, 15) is 0 Å². The summed E-state index contributed by atoms with van der Waals surface area (Å²) in [5.41, 5.74) is 7.70. The van der Waals surface area contributed by atoms with E-state index >= 15 is 0 Å². The van der Waals surface area contributed by atoms with E-state index in [1.807, 2.05) is 24.3 Å². The fraction of sp³-hybridized carbons (Fsp3) is 0.478. The predicted octanol–water partition coefficient (Wildman–Crippen LogP) is 7.63. The Labute approximate surface area is 355 Å². The summed E-state index contributed by atoms with van der Waals surface area (Å²) in [5, 5.41) is 0. The lowest BCUT2D eigenvalue weighted by Crippen LogP contribution is -2.47. The predicted molar refractivity (Wildman–Crippen MR) is 219 cm³/mol. The molecule has 0 N–H and O–H groups in total. The van der Waals surface area contributed by atoms with Gasteiger partial charge in [-0.3, -0.25) is 9.80 Å². The molecule has 4 aromatic carbocycles. The summed E-state index contributed by atoms with van der Waals surface area (Å²) in [6.07, 6.45) is -0.631. The van der Waals surface area contributed by atoms with Gasteiger partial charge in [0.05, 0.1) is 54.9 Å². The van der Waals surface area contributed by atoms with Crippen LogP contribution in [0.2, 0.25) is 0 Å². The molecular weight excluding hydrogens is 789 g/mol. The molecule has 8 atom stereocenters. The van der Waals surface area contributed by atoms with Crippen LogP contribution in [0.4, 0.5) is 0 Å². The highest BCUT2D eigenvalue weighted by molar-refractivity contribution is 5.66. The number of likely N-dealkylation sites (N-methyl/N-ethyl adjacent to an activating group) is 2. The molecule has 0 saturated carbocycles. The van der Waals surface area contributed by atoms with E-state index in [-0.39, 0.29) is 49.7 Å². The largest absolute Gasteiger partial charge is 0.496 e. The van der Waals surface area contributed by atoms with Crippen LogP contribution in [0.15, 0.2) is 36.4 Å². The summed E-state index contributed by atoms with van der Waals surface area (Å²) < 4.78 is 81.1. The molecule has 6 unspecified atom stereocenters. The highest BCUT2D eigenvalue weighted by Crippen LogP contribution is 2.66. The Morgan fingerprint density at radius 1 is 0.443 bits per heavy atom. The van der Waals surface area contributed by atoms with Gasteiger partial charge in [-0.25, -0.2) is 0 Å². The maximum absolute atomic E-state index is 7.79. The van der Waals surface area contributed by atoms with Gasteiger partial charge < -0.3 is 61.6 Å². The fourth-order valence-electron chi connectivity index (χ4n) is 11.2. The van der Waals surface area contributed by atoms with Crippen molar-refractivity contribution in [2.45, 2.75) is 61.4 Å². The van der Waals surface area contributed by atoms with Crippen molar-refractivity contribution in [1.29, 1.82) is 0 Å². The van der Waals surface area contributed by atoms with Crippen LogP contribution in [0.1, 0.15) is 106 Å². The van der Waals surface area contributed by atoms with Crippen molar-refractivity contribution < 1.29 is 61.6 Å². The van der Waals surface area contributed by atoms with E-state index in [1.165, 1.54) is 0 Å². The van der Waals surface area contributed by atoms with Crippen molar-refractivity contribution in [3.63, 3.8) is 0 Å². The number of ether oxygens (including phenoxy) is 13. The highest BCUT2D eigenvalue weighted by Gasteiger charge is 2.54. The Balaban J connectivity index is 1.20. The van der Waals surface area contributed by atoms with Crippen molar-refractivity contribution in [1.82, 2.24) is 9.80 Å². The van der Waals surface area contributed by atoms with Gasteiger partial charge in [-0.1, -0.05) is 0 Å². The quantitative estimate of drug-likeness (QED) is 0.155. The summed E-state index contributed by atoms with van der Waals surface area (Å²) in [5.74, 6) is 6.06. The van der Waals surface area contributed by atoms with Crippen molar-refractivity contribution in [3.05, 3.63) is 80.9 Å². The Hall–Kier alpha value is -5.32. The molecule has 0 amide bonds. The van der Waals surface area contributed by atoms with Crippen LogP contribution in [0.3, 0.4) is 0 Å². The lowest BCUT2D eigenvalue weighted by Gasteiger charge is -2.53. The Morgan fingerprint density at radius 3 is 1.15 bits per heavy atom. The number of benzene rings is 4. The van der Waals surface area contributed by atoms with Crippen LogP contribution < -0.4 is 47.4 Å². The van der Waals surface area contributed by atoms with Gasteiger partial charge in [0, 0.05) is 72.5 Å². The van der Waals surface area contributed by atoms with Crippen LogP contribution in [0, 0.1) is 0 Å². The zero-order valence-electron chi connectivity index (χ0n) is 36.1. The summed E-state index contributed by atoms with van der Waals surface area (Å²) in [6, 6.07) is 11.6. The van der Waals surface area contributed by atoms with E-state index in [0.717, 1.165) is 44.5 Å². The zero-order chi connectivity index (χ0) is 42.4. The fourth-order valence-corrected chi connectivity index (χ4v) is 11.2. The van der Waals surface area contributed by atoms with E-state index < -0.39 is 12.5 Å². The first-order chi connectivity index (χ1) is 29.7. The monoisotopic (exact) mass is 840 g/mol. The lowest BCUT2D eigenvalue weighted by molar-refractivity contribution is -0.187. The second kappa shape index (κ2) is 15.2. The molecule has 15 heteroatoms. The molecule has 61 heavy (non-hydrogen) atoms. The van der Waals surface area contributed by atoms with Crippen LogP contribution in [0.5, 0.6) is 57.5 Å². The number of hydrogen-bond donors (Lipinski definition) is 0.